The predicted octanol–water partition coefficient (Wildman–Crippen LogP) is 1.79. The third-order valence-corrected chi connectivity index (χ3v) is 3.99. The van der Waals surface area contributed by atoms with Gasteiger partial charge in [0.1, 0.15) is 5.82 Å². The number of rotatable bonds is 5. The van der Waals surface area contributed by atoms with Crippen molar-refractivity contribution in [2.45, 2.75) is 19.2 Å². The topological polar surface area (TPSA) is 85.1 Å². The summed E-state index contributed by atoms with van der Waals surface area (Å²) >= 11 is 0. The third-order valence-electron chi connectivity index (χ3n) is 2.76. The maximum absolute atomic E-state index is 12.1. The molecule has 0 aliphatic carbocycles. The van der Waals surface area contributed by atoms with E-state index >= 15 is 0 Å². The van der Waals surface area contributed by atoms with Crippen LogP contribution in [-0.4, -0.2) is 13.4 Å². The summed E-state index contributed by atoms with van der Waals surface area (Å²) in [5, 5.41) is 0. The number of sulfonamides is 1. The van der Waals surface area contributed by atoms with Crippen molar-refractivity contribution < 1.29 is 8.42 Å². The average molecular weight is 291 g/mol. The molecule has 0 saturated heterocycles. The van der Waals surface area contributed by atoms with Gasteiger partial charge in [0.25, 0.3) is 0 Å². The van der Waals surface area contributed by atoms with Gasteiger partial charge in [-0.1, -0.05) is 30.3 Å². The minimum absolute atomic E-state index is 0.101. The lowest BCUT2D eigenvalue weighted by Gasteiger charge is -2.08. The molecule has 6 heteroatoms. The fourth-order valence-corrected chi connectivity index (χ4v) is 2.92. The smallest absolute Gasteiger partial charge is 0.238 e. The summed E-state index contributed by atoms with van der Waals surface area (Å²) < 4.78 is 26.6. The molecular weight excluding hydrogens is 274 g/mol. The minimum atomic E-state index is -3.48. The molecule has 0 aliphatic heterocycles. The van der Waals surface area contributed by atoms with Crippen molar-refractivity contribution in [3.63, 3.8) is 0 Å². The average Bonchev–Trinajstić information content (AvgIpc) is 2.41. The van der Waals surface area contributed by atoms with E-state index in [1.54, 1.807) is 36.5 Å². The molecule has 20 heavy (non-hydrogen) atoms. The number of benzene rings is 1. The lowest BCUT2D eigenvalue weighted by atomic mass is 10.1. The van der Waals surface area contributed by atoms with Gasteiger partial charge in [-0.2, -0.15) is 0 Å². The van der Waals surface area contributed by atoms with E-state index in [0.29, 0.717) is 17.9 Å². The van der Waals surface area contributed by atoms with Crippen molar-refractivity contribution in [2.75, 3.05) is 4.72 Å². The van der Waals surface area contributed by atoms with Crippen molar-refractivity contribution in [3.8, 4) is 0 Å². The van der Waals surface area contributed by atoms with E-state index in [-0.39, 0.29) is 5.75 Å². The van der Waals surface area contributed by atoms with Crippen molar-refractivity contribution in [1.29, 1.82) is 0 Å². The molecule has 0 unspecified atom stereocenters. The Hall–Kier alpha value is -1.92. The van der Waals surface area contributed by atoms with Crippen molar-refractivity contribution >= 4 is 15.8 Å². The molecule has 5 nitrogen and oxygen atoms in total. The van der Waals surface area contributed by atoms with E-state index in [1.807, 2.05) is 13.0 Å². The van der Waals surface area contributed by atoms with Gasteiger partial charge in [-0.05, 0) is 29.7 Å². The highest BCUT2D eigenvalue weighted by Gasteiger charge is 2.12. The molecule has 0 radical (unpaired) electrons. The van der Waals surface area contributed by atoms with E-state index in [4.69, 9.17) is 5.73 Å². The van der Waals surface area contributed by atoms with Gasteiger partial charge in [0.2, 0.25) is 10.0 Å². The first kappa shape index (κ1) is 14.5. The Morgan fingerprint density at radius 3 is 2.60 bits per heavy atom. The molecule has 2 rings (SSSR count). The number of aromatic nitrogens is 1. The number of hydrogen-bond donors (Lipinski definition) is 2. The Labute approximate surface area is 118 Å². The first-order valence-corrected chi connectivity index (χ1v) is 7.85. The zero-order valence-corrected chi connectivity index (χ0v) is 12.0. The molecule has 0 spiro atoms. The SMILES string of the molecule is Cc1ccc(NS(=O)(=O)Cc2cccc(CN)c2)nc1. The van der Waals surface area contributed by atoms with Crippen LogP contribution in [0.5, 0.6) is 0 Å². The van der Waals surface area contributed by atoms with Crippen LogP contribution in [0, 0.1) is 6.92 Å². The molecule has 0 fully saturated rings. The molecular formula is C14H17N3O2S. The second-order valence-electron chi connectivity index (χ2n) is 4.61. The molecule has 2 aromatic rings. The minimum Gasteiger partial charge on any atom is -0.326 e. The highest BCUT2D eigenvalue weighted by molar-refractivity contribution is 7.91. The molecule has 1 aromatic carbocycles. The van der Waals surface area contributed by atoms with Crippen LogP contribution in [0.25, 0.3) is 0 Å². The molecule has 1 aromatic heterocycles. The van der Waals surface area contributed by atoms with Crippen LogP contribution in [0.2, 0.25) is 0 Å². The van der Waals surface area contributed by atoms with Gasteiger partial charge in [-0.3, -0.25) is 4.72 Å². The van der Waals surface area contributed by atoms with Gasteiger partial charge in [0.05, 0.1) is 5.75 Å². The van der Waals surface area contributed by atoms with Crippen LogP contribution in [-0.2, 0) is 22.3 Å². The Kier molecular flexibility index (Phi) is 4.36. The summed E-state index contributed by atoms with van der Waals surface area (Å²) in [7, 11) is -3.48. The van der Waals surface area contributed by atoms with Crippen LogP contribution >= 0.6 is 0 Å². The zero-order chi connectivity index (χ0) is 14.6. The normalized spacial score (nSPS) is 11.3. The third kappa shape index (κ3) is 4.04. The summed E-state index contributed by atoms with van der Waals surface area (Å²) in [6, 6.07) is 10.7. The number of nitrogens with two attached hydrogens (primary N) is 1. The number of hydrogen-bond acceptors (Lipinski definition) is 4. The van der Waals surface area contributed by atoms with Crippen LogP contribution in [0.1, 0.15) is 16.7 Å². The van der Waals surface area contributed by atoms with Crippen LogP contribution < -0.4 is 10.5 Å². The fraction of sp³-hybridized carbons (Fsp3) is 0.214. The summed E-state index contributed by atoms with van der Waals surface area (Å²) in [5.41, 5.74) is 8.13. The van der Waals surface area contributed by atoms with E-state index < -0.39 is 10.0 Å². The molecule has 0 saturated carbocycles. The van der Waals surface area contributed by atoms with Crippen molar-refractivity contribution in [1.82, 2.24) is 4.98 Å². The van der Waals surface area contributed by atoms with E-state index in [2.05, 4.69) is 9.71 Å². The number of nitrogens with zero attached hydrogens (tertiary/aromatic N) is 1. The highest BCUT2D eigenvalue weighted by Crippen LogP contribution is 2.12. The maximum atomic E-state index is 12.1. The second-order valence-corrected chi connectivity index (χ2v) is 6.33. The predicted molar refractivity (Wildman–Crippen MR) is 79.6 cm³/mol. The number of pyridine rings is 1. The Balaban J connectivity index is 2.12. The molecule has 3 N–H and O–H groups in total. The molecule has 0 bridgehead atoms. The van der Waals surface area contributed by atoms with Crippen molar-refractivity contribution in [3.05, 3.63) is 59.3 Å². The van der Waals surface area contributed by atoms with Crippen molar-refractivity contribution in [2.24, 2.45) is 5.73 Å². The van der Waals surface area contributed by atoms with Gasteiger partial charge >= 0.3 is 0 Å². The van der Waals surface area contributed by atoms with Gasteiger partial charge in [0, 0.05) is 12.7 Å². The van der Waals surface area contributed by atoms with E-state index in [0.717, 1.165) is 11.1 Å². The molecule has 0 amide bonds. The molecule has 1 heterocycles. The monoisotopic (exact) mass is 291 g/mol. The summed E-state index contributed by atoms with van der Waals surface area (Å²) in [4.78, 5) is 4.03. The standard InChI is InChI=1S/C14H17N3O2S/c1-11-5-6-14(16-9-11)17-20(18,19)10-13-4-2-3-12(7-13)8-15/h2-7,9H,8,10,15H2,1H3,(H,16,17). The second kappa shape index (κ2) is 6.02. The lowest BCUT2D eigenvalue weighted by molar-refractivity contribution is 0.600. The van der Waals surface area contributed by atoms with Gasteiger partial charge in [0.15, 0.2) is 0 Å². The summed E-state index contributed by atoms with van der Waals surface area (Å²) in [6.45, 7) is 2.28. The first-order valence-electron chi connectivity index (χ1n) is 6.19. The fourth-order valence-electron chi connectivity index (χ4n) is 1.79. The van der Waals surface area contributed by atoms with Gasteiger partial charge < -0.3 is 5.73 Å². The van der Waals surface area contributed by atoms with Gasteiger partial charge in [-0.25, -0.2) is 13.4 Å². The first-order chi connectivity index (χ1) is 9.48. The van der Waals surface area contributed by atoms with E-state index in [9.17, 15) is 8.42 Å². The Bertz CT molecular complexity index is 682. The quantitative estimate of drug-likeness (QED) is 0.879. The number of anilines is 1. The van der Waals surface area contributed by atoms with E-state index in [1.165, 1.54) is 0 Å². The molecule has 0 atom stereocenters. The van der Waals surface area contributed by atoms with Crippen LogP contribution in [0.15, 0.2) is 42.6 Å². The van der Waals surface area contributed by atoms with Gasteiger partial charge in [-0.15, -0.1) is 0 Å². The highest BCUT2D eigenvalue weighted by atomic mass is 32.2. The summed E-state index contributed by atoms with van der Waals surface area (Å²) in [5.74, 6) is 0.224. The number of nitrogens with one attached hydrogen (secondary N) is 1. The largest absolute Gasteiger partial charge is 0.326 e. The summed E-state index contributed by atoms with van der Waals surface area (Å²) in [6.07, 6.45) is 1.62. The zero-order valence-electron chi connectivity index (χ0n) is 11.2. The van der Waals surface area contributed by atoms with Crippen LogP contribution in [0.3, 0.4) is 0 Å². The number of aryl methyl sites for hydroxylation is 1. The maximum Gasteiger partial charge on any atom is 0.238 e. The Morgan fingerprint density at radius 1 is 1.20 bits per heavy atom. The Morgan fingerprint density at radius 2 is 1.95 bits per heavy atom. The van der Waals surface area contributed by atoms with Crippen LogP contribution in [0.4, 0.5) is 5.82 Å². The molecule has 106 valence electrons. The molecule has 0 aliphatic rings. The lowest BCUT2D eigenvalue weighted by Crippen LogP contribution is -2.16.